The van der Waals surface area contributed by atoms with E-state index in [2.05, 4.69) is 10.5 Å². The molecule has 7 nitrogen and oxygen atoms in total. The summed E-state index contributed by atoms with van der Waals surface area (Å²) in [6.07, 6.45) is 2.54. The number of nitrogens with one attached hydrogen (secondary N) is 1. The second kappa shape index (κ2) is 7.86. The van der Waals surface area contributed by atoms with Gasteiger partial charge in [0.1, 0.15) is 11.5 Å². The van der Waals surface area contributed by atoms with Crippen molar-refractivity contribution in [2.24, 2.45) is 0 Å². The predicted molar refractivity (Wildman–Crippen MR) is 98.1 cm³/mol. The molecule has 1 atom stereocenters. The van der Waals surface area contributed by atoms with Crippen LogP contribution in [0, 0.1) is 0 Å². The second-order valence-corrected chi connectivity index (χ2v) is 6.45. The zero-order valence-corrected chi connectivity index (χ0v) is 15.8. The molecular formula is C18H22ClN3O4. The van der Waals surface area contributed by atoms with Crippen molar-refractivity contribution in [1.82, 2.24) is 10.1 Å². The zero-order valence-electron chi connectivity index (χ0n) is 15.0. The van der Waals surface area contributed by atoms with Crippen molar-refractivity contribution in [3.8, 4) is 11.5 Å². The molecule has 1 saturated heterocycles. The molecule has 1 aromatic heterocycles. The van der Waals surface area contributed by atoms with Crippen LogP contribution < -0.4 is 14.8 Å². The Bertz CT molecular complexity index is 793. The molecule has 1 aliphatic rings. The van der Waals surface area contributed by atoms with Crippen LogP contribution in [-0.4, -0.2) is 36.9 Å². The highest BCUT2D eigenvalue weighted by molar-refractivity contribution is 6.32. The number of carbonyl (C=O) groups excluding carboxylic acids is 1. The number of aryl methyl sites for hydroxylation is 1. The van der Waals surface area contributed by atoms with E-state index in [-0.39, 0.29) is 12.1 Å². The highest BCUT2D eigenvalue weighted by atomic mass is 35.5. The van der Waals surface area contributed by atoms with Crippen molar-refractivity contribution in [3.63, 3.8) is 0 Å². The van der Waals surface area contributed by atoms with E-state index >= 15 is 0 Å². The molecule has 3 rings (SSSR count). The van der Waals surface area contributed by atoms with E-state index < -0.39 is 0 Å². The van der Waals surface area contributed by atoms with Crippen molar-refractivity contribution >= 4 is 23.3 Å². The number of amides is 2. The molecule has 0 radical (unpaired) electrons. The summed E-state index contributed by atoms with van der Waals surface area (Å²) in [4.78, 5) is 14.6. The molecular weight excluding hydrogens is 358 g/mol. The molecule has 2 amide bonds. The first kappa shape index (κ1) is 18.4. The lowest BCUT2D eigenvalue weighted by molar-refractivity contribution is 0.195. The van der Waals surface area contributed by atoms with Gasteiger partial charge < -0.3 is 24.2 Å². The highest BCUT2D eigenvalue weighted by Gasteiger charge is 2.33. The largest absolute Gasteiger partial charge is 0.495 e. The third kappa shape index (κ3) is 3.58. The smallest absolute Gasteiger partial charge is 0.322 e. The summed E-state index contributed by atoms with van der Waals surface area (Å²) in [7, 11) is 3.05. The standard InChI is InChI=1S/C18H22ClN3O4/c1-4-11-8-17(26-21-11)14-6-5-7-22(14)18(23)20-13-9-12(19)15(24-2)10-16(13)25-3/h8-10,14H,4-7H2,1-3H3,(H,20,23). The van der Waals surface area contributed by atoms with Crippen molar-refractivity contribution in [2.75, 3.05) is 26.1 Å². The van der Waals surface area contributed by atoms with Gasteiger partial charge >= 0.3 is 6.03 Å². The molecule has 0 aliphatic carbocycles. The molecule has 8 heteroatoms. The SMILES string of the molecule is CCc1cc(C2CCCN2C(=O)Nc2cc(Cl)c(OC)cc2OC)on1. The maximum absolute atomic E-state index is 12.8. The summed E-state index contributed by atoms with van der Waals surface area (Å²) in [5.74, 6) is 1.67. The van der Waals surface area contributed by atoms with E-state index in [1.54, 1.807) is 17.0 Å². The first-order chi connectivity index (χ1) is 12.6. The molecule has 0 spiro atoms. The van der Waals surface area contributed by atoms with Crippen LogP contribution in [0.5, 0.6) is 11.5 Å². The summed E-state index contributed by atoms with van der Waals surface area (Å²) in [6.45, 7) is 2.66. The van der Waals surface area contributed by atoms with E-state index in [9.17, 15) is 4.79 Å². The van der Waals surface area contributed by atoms with Gasteiger partial charge in [0, 0.05) is 18.7 Å². The number of hydrogen-bond acceptors (Lipinski definition) is 5. The number of likely N-dealkylation sites (tertiary alicyclic amines) is 1. The number of aromatic nitrogens is 1. The topological polar surface area (TPSA) is 76.8 Å². The predicted octanol–water partition coefficient (Wildman–Crippen LogP) is 4.28. The number of methoxy groups -OCH3 is 2. The van der Waals surface area contributed by atoms with Gasteiger partial charge in [-0.1, -0.05) is 23.7 Å². The molecule has 2 heterocycles. The molecule has 0 bridgehead atoms. The van der Waals surface area contributed by atoms with Crippen LogP contribution in [-0.2, 0) is 6.42 Å². The second-order valence-electron chi connectivity index (χ2n) is 6.04. The Morgan fingerprint density at radius 1 is 1.35 bits per heavy atom. The summed E-state index contributed by atoms with van der Waals surface area (Å²) in [6, 6.07) is 4.82. The number of rotatable bonds is 5. The molecule has 1 N–H and O–H groups in total. The van der Waals surface area contributed by atoms with Gasteiger partial charge in [0.2, 0.25) is 0 Å². The Hall–Kier alpha value is -2.41. The van der Waals surface area contributed by atoms with Gasteiger partial charge in [-0.25, -0.2) is 4.79 Å². The van der Waals surface area contributed by atoms with Crippen LogP contribution in [0.2, 0.25) is 5.02 Å². The van der Waals surface area contributed by atoms with E-state index in [1.807, 2.05) is 13.0 Å². The zero-order chi connectivity index (χ0) is 18.7. The van der Waals surface area contributed by atoms with Gasteiger partial charge in [-0.3, -0.25) is 0 Å². The highest BCUT2D eigenvalue weighted by Crippen LogP contribution is 2.37. The molecule has 1 aromatic carbocycles. The fourth-order valence-corrected chi connectivity index (χ4v) is 3.34. The first-order valence-electron chi connectivity index (χ1n) is 8.52. The Morgan fingerprint density at radius 3 is 2.77 bits per heavy atom. The number of halogens is 1. The Balaban J connectivity index is 1.80. The lowest BCUT2D eigenvalue weighted by Crippen LogP contribution is -2.34. The van der Waals surface area contributed by atoms with Crippen LogP contribution >= 0.6 is 11.6 Å². The minimum atomic E-state index is -0.235. The molecule has 26 heavy (non-hydrogen) atoms. The quantitative estimate of drug-likeness (QED) is 0.839. The number of ether oxygens (including phenoxy) is 2. The Morgan fingerprint density at radius 2 is 2.12 bits per heavy atom. The number of carbonyl (C=O) groups is 1. The van der Waals surface area contributed by atoms with E-state index in [0.29, 0.717) is 34.5 Å². The third-order valence-electron chi connectivity index (χ3n) is 4.50. The lowest BCUT2D eigenvalue weighted by atomic mass is 10.1. The maximum Gasteiger partial charge on any atom is 0.322 e. The summed E-state index contributed by atoms with van der Waals surface area (Å²) >= 11 is 6.18. The van der Waals surface area contributed by atoms with Gasteiger partial charge in [-0.15, -0.1) is 0 Å². The summed E-state index contributed by atoms with van der Waals surface area (Å²) in [5, 5.41) is 7.30. The van der Waals surface area contributed by atoms with Crippen molar-refractivity contribution in [3.05, 3.63) is 34.7 Å². The number of hydrogen-bond donors (Lipinski definition) is 1. The fraction of sp³-hybridized carbons (Fsp3) is 0.444. The monoisotopic (exact) mass is 379 g/mol. The molecule has 1 aliphatic heterocycles. The van der Waals surface area contributed by atoms with Crippen molar-refractivity contribution < 1.29 is 18.8 Å². The maximum atomic E-state index is 12.8. The number of nitrogens with zero attached hydrogens (tertiary/aromatic N) is 2. The van der Waals surface area contributed by atoms with Crippen LogP contribution in [0.25, 0.3) is 0 Å². The first-order valence-corrected chi connectivity index (χ1v) is 8.89. The van der Waals surface area contributed by atoms with Crippen molar-refractivity contribution in [1.29, 1.82) is 0 Å². The number of benzene rings is 1. The molecule has 1 unspecified atom stereocenters. The Kier molecular flexibility index (Phi) is 5.56. The number of urea groups is 1. The third-order valence-corrected chi connectivity index (χ3v) is 4.79. The lowest BCUT2D eigenvalue weighted by Gasteiger charge is -2.23. The van der Waals surface area contributed by atoms with Gasteiger partial charge in [-0.05, 0) is 25.3 Å². The van der Waals surface area contributed by atoms with E-state index in [1.165, 1.54) is 14.2 Å². The van der Waals surface area contributed by atoms with Crippen LogP contribution in [0.15, 0.2) is 22.7 Å². The van der Waals surface area contributed by atoms with Crippen LogP contribution in [0.1, 0.15) is 37.3 Å². The average molecular weight is 380 g/mol. The molecule has 140 valence electrons. The van der Waals surface area contributed by atoms with Gasteiger partial charge in [0.05, 0.1) is 36.7 Å². The van der Waals surface area contributed by atoms with Crippen molar-refractivity contribution in [2.45, 2.75) is 32.2 Å². The Labute approximate surface area is 157 Å². The minimum Gasteiger partial charge on any atom is -0.495 e. The molecule has 2 aromatic rings. The average Bonchev–Trinajstić information content (AvgIpc) is 3.30. The van der Waals surface area contributed by atoms with E-state index in [0.717, 1.165) is 25.0 Å². The van der Waals surface area contributed by atoms with Crippen LogP contribution in [0.3, 0.4) is 0 Å². The number of anilines is 1. The normalized spacial score (nSPS) is 16.6. The van der Waals surface area contributed by atoms with E-state index in [4.69, 9.17) is 25.6 Å². The fourth-order valence-electron chi connectivity index (χ4n) is 3.10. The van der Waals surface area contributed by atoms with Gasteiger partial charge in [0.25, 0.3) is 0 Å². The van der Waals surface area contributed by atoms with Crippen LogP contribution in [0.4, 0.5) is 10.5 Å². The summed E-state index contributed by atoms with van der Waals surface area (Å²) < 4.78 is 15.9. The van der Waals surface area contributed by atoms with Gasteiger partial charge in [0.15, 0.2) is 5.76 Å². The summed E-state index contributed by atoms with van der Waals surface area (Å²) in [5.41, 5.74) is 1.37. The molecule has 1 fully saturated rings. The van der Waals surface area contributed by atoms with Gasteiger partial charge in [-0.2, -0.15) is 0 Å². The molecule has 0 saturated carbocycles. The minimum absolute atomic E-state index is 0.123.